The maximum Gasteiger partial charge on any atom is 0.408 e. The third-order valence-corrected chi connectivity index (χ3v) is 4.58. The van der Waals surface area contributed by atoms with Crippen molar-refractivity contribution in [3.05, 3.63) is 47.0 Å². The molecule has 3 rings (SSSR count). The number of urea groups is 1. The summed E-state index contributed by atoms with van der Waals surface area (Å²) in [5.74, 6) is -0.425. The highest BCUT2D eigenvalue weighted by Crippen LogP contribution is 2.31. The largest absolute Gasteiger partial charge is 0.408 e. The highest BCUT2D eigenvalue weighted by atomic mass is 19.4. The monoisotopic (exact) mass is 400 g/mol. The van der Waals surface area contributed by atoms with E-state index in [0.717, 1.165) is 4.68 Å². The van der Waals surface area contributed by atoms with E-state index in [0.29, 0.717) is 29.2 Å². The fourth-order valence-electron chi connectivity index (χ4n) is 3.33. The summed E-state index contributed by atoms with van der Waals surface area (Å²) in [6, 6.07) is 4.30. The molecular weight excluding hydrogens is 380 g/mol. The van der Waals surface area contributed by atoms with Crippen molar-refractivity contribution in [2.75, 3.05) is 25.1 Å². The van der Waals surface area contributed by atoms with Gasteiger partial charge in [-0.25, -0.2) is 9.18 Å². The van der Waals surface area contributed by atoms with E-state index in [4.69, 9.17) is 4.74 Å². The molecule has 2 heterocycles. The zero-order chi connectivity index (χ0) is 20.5. The Morgan fingerprint density at radius 3 is 2.61 bits per heavy atom. The van der Waals surface area contributed by atoms with Gasteiger partial charge in [-0.1, -0.05) is 0 Å². The number of nitrogens with zero attached hydrogens (tertiary/aromatic N) is 3. The topological polar surface area (TPSA) is 59.4 Å². The number of anilines is 1. The molecular formula is C18H20F4N4O2. The van der Waals surface area contributed by atoms with Crippen molar-refractivity contribution in [1.29, 1.82) is 0 Å². The van der Waals surface area contributed by atoms with Crippen LogP contribution in [-0.4, -0.2) is 46.6 Å². The minimum atomic E-state index is -4.40. The number of benzene rings is 1. The molecule has 0 saturated carbocycles. The molecule has 2 amide bonds. The second kappa shape index (κ2) is 7.78. The third kappa shape index (κ3) is 4.44. The molecule has 152 valence electrons. The molecule has 2 aromatic rings. The Morgan fingerprint density at radius 2 is 1.96 bits per heavy atom. The van der Waals surface area contributed by atoms with Crippen LogP contribution in [0.1, 0.15) is 23.0 Å². The van der Waals surface area contributed by atoms with Crippen LogP contribution < -0.4 is 5.32 Å². The highest BCUT2D eigenvalue weighted by Gasteiger charge is 2.35. The summed E-state index contributed by atoms with van der Waals surface area (Å²) >= 11 is 0. The van der Waals surface area contributed by atoms with Gasteiger partial charge in [0.05, 0.1) is 24.9 Å². The summed E-state index contributed by atoms with van der Waals surface area (Å²) in [5.41, 5.74) is 1.71. The number of carbonyl (C=O) groups is 1. The van der Waals surface area contributed by atoms with Crippen LogP contribution in [0.3, 0.4) is 0 Å². The molecule has 1 aromatic heterocycles. The first kappa shape index (κ1) is 20.1. The van der Waals surface area contributed by atoms with Gasteiger partial charge in [-0.15, -0.1) is 0 Å². The first-order valence-electron chi connectivity index (χ1n) is 8.67. The number of nitrogens with one attached hydrogen (secondary N) is 1. The van der Waals surface area contributed by atoms with E-state index < -0.39 is 30.6 Å². The molecule has 1 fully saturated rings. The fraction of sp³-hybridized carbons (Fsp3) is 0.444. The second-order valence-corrected chi connectivity index (χ2v) is 6.58. The Morgan fingerprint density at radius 1 is 1.29 bits per heavy atom. The smallest absolute Gasteiger partial charge is 0.377 e. The summed E-state index contributed by atoms with van der Waals surface area (Å²) in [5, 5.41) is 6.68. The summed E-state index contributed by atoms with van der Waals surface area (Å²) in [4.78, 5) is 14.3. The summed E-state index contributed by atoms with van der Waals surface area (Å²) in [6.45, 7) is 2.68. The average Bonchev–Trinajstić information content (AvgIpc) is 2.88. The van der Waals surface area contributed by atoms with Gasteiger partial charge in [0.25, 0.3) is 0 Å². The Kier molecular flexibility index (Phi) is 5.59. The van der Waals surface area contributed by atoms with Crippen LogP contribution in [0.2, 0.25) is 0 Å². The Bertz CT molecular complexity index is 849. The van der Waals surface area contributed by atoms with Crippen molar-refractivity contribution < 1.29 is 27.1 Å². The molecule has 1 saturated heterocycles. The third-order valence-electron chi connectivity index (χ3n) is 4.58. The predicted molar refractivity (Wildman–Crippen MR) is 93.4 cm³/mol. The number of rotatable bonds is 3. The van der Waals surface area contributed by atoms with Crippen LogP contribution in [-0.2, 0) is 11.3 Å². The number of halogens is 4. The Hall–Kier alpha value is -2.62. The van der Waals surface area contributed by atoms with E-state index in [2.05, 4.69) is 10.4 Å². The lowest BCUT2D eigenvalue weighted by atomic mass is 10.0. The zero-order valence-electron chi connectivity index (χ0n) is 15.4. The molecule has 0 bridgehead atoms. The van der Waals surface area contributed by atoms with E-state index >= 15 is 0 Å². The number of aryl methyl sites for hydroxylation is 1. The normalized spacial score (nSPS) is 17.6. The highest BCUT2D eigenvalue weighted by molar-refractivity contribution is 5.89. The number of amides is 2. The lowest BCUT2D eigenvalue weighted by Crippen LogP contribution is -2.45. The molecule has 1 aliphatic heterocycles. The molecule has 6 nitrogen and oxygen atoms in total. The van der Waals surface area contributed by atoms with Crippen molar-refractivity contribution in [2.24, 2.45) is 0 Å². The molecule has 1 N–H and O–H groups in total. The first-order chi connectivity index (χ1) is 13.2. The van der Waals surface area contributed by atoms with E-state index in [9.17, 15) is 22.4 Å². The molecule has 0 radical (unpaired) electrons. The summed E-state index contributed by atoms with van der Waals surface area (Å²) in [6.07, 6.45) is -4.40. The summed E-state index contributed by atoms with van der Waals surface area (Å²) in [7, 11) is 0. The quantitative estimate of drug-likeness (QED) is 0.798. The maximum atomic E-state index is 13.0. The lowest BCUT2D eigenvalue weighted by Gasteiger charge is -2.36. The SMILES string of the molecule is Cc1nn(CC(F)(F)F)c(C)c1[C@@H]1COCCN1C(=O)Nc1ccc(F)cc1. The van der Waals surface area contributed by atoms with Gasteiger partial charge in [0.15, 0.2) is 0 Å². The number of alkyl halides is 3. The molecule has 0 unspecified atom stereocenters. The van der Waals surface area contributed by atoms with Crippen molar-refractivity contribution in [3.8, 4) is 0 Å². The molecule has 1 atom stereocenters. The molecule has 0 spiro atoms. The molecule has 1 aliphatic rings. The lowest BCUT2D eigenvalue weighted by molar-refractivity contribution is -0.143. The van der Waals surface area contributed by atoms with Crippen molar-refractivity contribution in [3.63, 3.8) is 0 Å². The average molecular weight is 400 g/mol. The predicted octanol–water partition coefficient (Wildman–Crippen LogP) is 3.81. The van der Waals surface area contributed by atoms with Gasteiger partial charge in [-0.05, 0) is 38.1 Å². The second-order valence-electron chi connectivity index (χ2n) is 6.58. The van der Waals surface area contributed by atoms with Gasteiger partial charge in [-0.3, -0.25) is 4.68 Å². The maximum absolute atomic E-state index is 13.0. The number of ether oxygens (including phenoxy) is 1. The van der Waals surface area contributed by atoms with Crippen LogP contribution in [0.5, 0.6) is 0 Å². The van der Waals surface area contributed by atoms with Crippen molar-refractivity contribution >= 4 is 11.7 Å². The minimum absolute atomic E-state index is 0.149. The molecule has 10 heteroatoms. The standard InChI is InChI=1S/C18H20F4N4O2/c1-11-16(12(2)26(24-11)10-18(20,21)22)15-9-28-8-7-25(15)17(27)23-14-5-3-13(19)4-6-14/h3-6,15H,7-10H2,1-2H3,(H,23,27)/t15-/m0/s1. The number of carbonyl (C=O) groups excluding carboxylic acids is 1. The van der Waals surface area contributed by atoms with Crippen molar-refractivity contribution in [2.45, 2.75) is 32.6 Å². The van der Waals surface area contributed by atoms with E-state index in [1.54, 1.807) is 13.8 Å². The van der Waals surface area contributed by atoms with Crippen molar-refractivity contribution in [1.82, 2.24) is 14.7 Å². The van der Waals surface area contributed by atoms with Gasteiger partial charge in [0, 0.05) is 23.5 Å². The van der Waals surface area contributed by atoms with Crippen LogP contribution in [0.15, 0.2) is 24.3 Å². The number of hydrogen-bond donors (Lipinski definition) is 1. The number of aromatic nitrogens is 2. The van der Waals surface area contributed by atoms with Gasteiger partial charge < -0.3 is 15.0 Å². The van der Waals surface area contributed by atoms with E-state index in [-0.39, 0.29) is 13.2 Å². The van der Waals surface area contributed by atoms with E-state index in [1.807, 2.05) is 0 Å². The molecule has 0 aliphatic carbocycles. The van der Waals surface area contributed by atoms with Crippen LogP contribution in [0.4, 0.5) is 28.0 Å². The van der Waals surface area contributed by atoms with E-state index in [1.165, 1.54) is 29.2 Å². The first-order valence-corrected chi connectivity index (χ1v) is 8.67. The Labute approximate surface area is 159 Å². The van der Waals surface area contributed by atoms with Gasteiger partial charge in [0.2, 0.25) is 0 Å². The number of morpholine rings is 1. The van der Waals surface area contributed by atoms with Crippen LogP contribution in [0.25, 0.3) is 0 Å². The van der Waals surface area contributed by atoms with Gasteiger partial charge >= 0.3 is 12.2 Å². The van der Waals surface area contributed by atoms with Gasteiger partial charge in [0.1, 0.15) is 12.4 Å². The number of hydrogen-bond acceptors (Lipinski definition) is 3. The molecule has 1 aromatic carbocycles. The zero-order valence-corrected chi connectivity index (χ0v) is 15.4. The fourth-order valence-corrected chi connectivity index (χ4v) is 3.33. The minimum Gasteiger partial charge on any atom is -0.377 e. The van der Waals surface area contributed by atoms with Gasteiger partial charge in [-0.2, -0.15) is 18.3 Å². The van der Waals surface area contributed by atoms with Crippen LogP contribution in [0, 0.1) is 19.7 Å². The van der Waals surface area contributed by atoms with Crippen LogP contribution >= 0.6 is 0 Å². The Balaban J connectivity index is 1.85. The molecule has 28 heavy (non-hydrogen) atoms. The summed E-state index contributed by atoms with van der Waals surface area (Å²) < 4.78 is 57.8.